The topological polar surface area (TPSA) is 105 Å². The molecule has 0 aliphatic carbocycles. The predicted octanol–water partition coefficient (Wildman–Crippen LogP) is 6.49. The highest BCUT2D eigenvalue weighted by molar-refractivity contribution is 6.12. The first kappa shape index (κ1) is 31.8. The number of carbonyl (C=O) groups excluding carboxylic acids is 2. The average Bonchev–Trinajstić information content (AvgIpc) is 3.05. The molecule has 0 saturated carbocycles. The Bertz CT molecular complexity index is 1550. The second-order valence-electron chi connectivity index (χ2n) is 10.7. The van der Waals surface area contributed by atoms with E-state index in [9.17, 15) is 19.5 Å². The lowest BCUT2D eigenvalue weighted by Crippen LogP contribution is -2.35. The number of nitrogens with zero attached hydrogens (tertiary/aromatic N) is 1. The lowest BCUT2D eigenvalue weighted by Gasteiger charge is -2.25. The fourth-order valence-electron chi connectivity index (χ4n) is 4.77. The number of anilines is 2. The van der Waals surface area contributed by atoms with Crippen LogP contribution >= 0.6 is 0 Å². The summed E-state index contributed by atoms with van der Waals surface area (Å²) in [4.78, 5) is 39.9. The maximum absolute atomic E-state index is 13.1. The maximum atomic E-state index is 13.1. The summed E-state index contributed by atoms with van der Waals surface area (Å²) in [5.41, 5.74) is 2.99. The fourth-order valence-corrected chi connectivity index (χ4v) is 4.77. The number of aliphatic carboxylic acids is 1. The maximum Gasteiger partial charge on any atom is 0.326 e. The summed E-state index contributed by atoms with van der Waals surface area (Å²) >= 11 is 0. The van der Waals surface area contributed by atoms with E-state index in [4.69, 9.17) is 9.47 Å². The molecule has 1 atom stereocenters. The molecule has 8 heteroatoms. The van der Waals surface area contributed by atoms with Crippen LogP contribution in [0.3, 0.4) is 0 Å². The number of carboxylic acids is 1. The number of hydrogen-bond acceptors (Lipinski definition) is 6. The Balaban J connectivity index is 1.35. The van der Waals surface area contributed by atoms with Crippen molar-refractivity contribution in [3.05, 3.63) is 120 Å². The van der Waals surface area contributed by atoms with E-state index in [2.05, 4.69) is 5.32 Å². The zero-order chi connectivity index (χ0) is 31.5. The van der Waals surface area contributed by atoms with Gasteiger partial charge in [-0.1, -0.05) is 74.5 Å². The van der Waals surface area contributed by atoms with Crippen molar-refractivity contribution < 1.29 is 29.0 Å². The van der Waals surface area contributed by atoms with Crippen LogP contribution in [0.25, 0.3) is 0 Å². The van der Waals surface area contributed by atoms with Crippen LogP contribution in [0.5, 0.6) is 11.5 Å². The number of amides is 1. The summed E-state index contributed by atoms with van der Waals surface area (Å²) in [6, 6.07) is 29.6. The van der Waals surface area contributed by atoms with Gasteiger partial charge in [0.1, 0.15) is 17.5 Å². The molecule has 4 aromatic rings. The van der Waals surface area contributed by atoms with E-state index in [1.807, 2.05) is 56.3 Å². The fraction of sp³-hybridized carbons (Fsp3) is 0.250. The summed E-state index contributed by atoms with van der Waals surface area (Å²) in [6.07, 6.45) is 0.819. The summed E-state index contributed by atoms with van der Waals surface area (Å²) in [7, 11) is 1.60. The smallest absolute Gasteiger partial charge is 0.326 e. The third-order valence-corrected chi connectivity index (χ3v) is 7.12. The molecule has 0 aliphatic rings. The SMILES string of the molecule is COc1cccc(N(CCCOc2ccc(CC(Nc3ccccc3C(=O)c3ccccc3)C(=O)O)cc2)C(=O)C(C)C)c1. The number of hydrogen-bond donors (Lipinski definition) is 2. The number of ether oxygens (including phenoxy) is 2. The van der Waals surface area contributed by atoms with E-state index in [0.29, 0.717) is 47.9 Å². The number of benzene rings is 4. The largest absolute Gasteiger partial charge is 0.497 e. The molecule has 0 radical (unpaired) electrons. The van der Waals surface area contributed by atoms with Gasteiger partial charge >= 0.3 is 5.97 Å². The van der Waals surface area contributed by atoms with Crippen LogP contribution < -0.4 is 19.7 Å². The van der Waals surface area contributed by atoms with Crippen molar-refractivity contribution in [2.75, 3.05) is 30.5 Å². The Hall–Kier alpha value is -5.11. The molecule has 0 fully saturated rings. The second kappa shape index (κ2) is 15.4. The van der Waals surface area contributed by atoms with Crippen LogP contribution in [0.1, 0.15) is 41.8 Å². The van der Waals surface area contributed by atoms with Gasteiger partial charge in [-0.15, -0.1) is 0 Å². The highest BCUT2D eigenvalue weighted by Crippen LogP contribution is 2.24. The Labute approximate surface area is 258 Å². The molecule has 2 N–H and O–H groups in total. The van der Waals surface area contributed by atoms with Gasteiger partial charge in [-0.3, -0.25) is 9.59 Å². The molecule has 0 aromatic heterocycles. The molecule has 0 saturated heterocycles. The lowest BCUT2D eigenvalue weighted by molar-refractivity contribution is -0.137. The van der Waals surface area contributed by atoms with Gasteiger partial charge in [-0.2, -0.15) is 0 Å². The third-order valence-electron chi connectivity index (χ3n) is 7.12. The minimum absolute atomic E-state index is 0.0243. The number of ketones is 1. The molecule has 8 nitrogen and oxygen atoms in total. The lowest BCUT2D eigenvalue weighted by atomic mass is 10.00. The van der Waals surface area contributed by atoms with E-state index in [0.717, 1.165) is 11.3 Å². The first-order chi connectivity index (χ1) is 21.3. The Morgan fingerprint density at radius 2 is 1.55 bits per heavy atom. The van der Waals surface area contributed by atoms with E-state index < -0.39 is 12.0 Å². The molecule has 0 bridgehead atoms. The van der Waals surface area contributed by atoms with Crippen molar-refractivity contribution in [2.45, 2.75) is 32.7 Å². The Morgan fingerprint density at radius 1 is 0.841 bits per heavy atom. The first-order valence-electron chi connectivity index (χ1n) is 14.6. The standard InChI is InChI=1S/C36H38N2O6/c1-25(2)35(40)38(28-13-9-14-30(24-28)43-3)21-10-22-44-29-19-17-26(18-20-29)23-33(36(41)42)37-32-16-8-7-15-31(32)34(39)27-11-5-4-6-12-27/h4-9,11-20,24-25,33,37H,10,21-23H2,1-3H3,(H,41,42). The number of methoxy groups -OCH3 is 1. The number of carboxylic acid groups (broad SMARTS) is 1. The van der Waals surface area contributed by atoms with E-state index >= 15 is 0 Å². The molecular weight excluding hydrogens is 556 g/mol. The molecule has 1 unspecified atom stereocenters. The molecule has 4 aromatic carbocycles. The summed E-state index contributed by atoms with van der Waals surface area (Å²) in [6.45, 7) is 4.64. The van der Waals surface area contributed by atoms with Crippen molar-refractivity contribution in [1.29, 1.82) is 0 Å². The number of nitrogens with one attached hydrogen (secondary N) is 1. The predicted molar refractivity (Wildman–Crippen MR) is 172 cm³/mol. The van der Waals surface area contributed by atoms with Crippen molar-refractivity contribution in [2.24, 2.45) is 5.92 Å². The van der Waals surface area contributed by atoms with Crippen LogP contribution in [0.15, 0.2) is 103 Å². The highest BCUT2D eigenvalue weighted by Gasteiger charge is 2.22. The zero-order valence-electron chi connectivity index (χ0n) is 25.2. The quantitative estimate of drug-likeness (QED) is 0.120. The molecule has 4 rings (SSSR count). The van der Waals surface area contributed by atoms with Gasteiger partial charge in [-0.05, 0) is 48.4 Å². The summed E-state index contributed by atoms with van der Waals surface area (Å²) in [5.74, 6) is -0.00246. The molecule has 44 heavy (non-hydrogen) atoms. The van der Waals surface area contributed by atoms with Crippen molar-refractivity contribution in [3.63, 3.8) is 0 Å². The molecule has 0 heterocycles. The Morgan fingerprint density at radius 3 is 2.23 bits per heavy atom. The van der Waals surface area contributed by atoms with Crippen LogP contribution in [0.4, 0.5) is 11.4 Å². The number of rotatable bonds is 15. The average molecular weight is 595 g/mol. The molecule has 0 spiro atoms. The minimum atomic E-state index is -1.02. The van der Waals surface area contributed by atoms with Crippen molar-refractivity contribution >= 4 is 29.0 Å². The van der Waals surface area contributed by atoms with Crippen molar-refractivity contribution in [1.82, 2.24) is 0 Å². The number of para-hydroxylation sites is 1. The first-order valence-corrected chi connectivity index (χ1v) is 14.6. The van der Waals surface area contributed by atoms with Crippen LogP contribution in [0, 0.1) is 5.92 Å². The zero-order valence-corrected chi connectivity index (χ0v) is 25.2. The minimum Gasteiger partial charge on any atom is -0.497 e. The molecule has 1 amide bonds. The van der Waals surface area contributed by atoms with Gasteiger partial charge in [0.05, 0.1) is 13.7 Å². The van der Waals surface area contributed by atoms with Crippen LogP contribution in [-0.4, -0.2) is 49.1 Å². The van der Waals surface area contributed by atoms with Gasteiger partial charge in [-0.25, -0.2) is 4.79 Å². The van der Waals surface area contributed by atoms with E-state index in [1.165, 1.54) is 0 Å². The molecular formula is C36H38N2O6. The van der Waals surface area contributed by atoms with Gasteiger partial charge in [0, 0.05) is 47.5 Å². The van der Waals surface area contributed by atoms with E-state index in [1.54, 1.807) is 72.7 Å². The summed E-state index contributed by atoms with van der Waals surface area (Å²) < 4.78 is 11.3. The molecule has 228 valence electrons. The van der Waals surface area contributed by atoms with E-state index in [-0.39, 0.29) is 24.0 Å². The number of carbonyl (C=O) groups is 3. The third kappa shape index (κ3) is 8.47. The summed E-state index contributed by atoms with van der Waals surface area (Å²) in [5, 5.41) is 13.0. The van der Waals surface area contributed by atoms with Crippen LogP contribution in [-0.2, 0) is 16.0 Å². The van der Waals surface area contributed by atoms with Gasteiger partial charge in [0.25, 0.3) is 0 Å². The highest BCUT2D eigenvalue weighted by atomic mass is 16.5. The van der Waals surface area contributed by atoms with Crippen LogP contribution in [0.2, 0.25) is 0 Å². The Kier molecular flexibility index (Phi) is 11.1. The van der Waals surface area contributed by atoms with Gasteiger partial charge in [0.15, 0.2) is 5.78 Å². The second-order valence-corrected chi connectivity index (χ2v) is 10.7. The van der Waals surface area contributed by atoms with Gasteiger partial charge in [0.2, 0.25) is 5.91 Å². The molecule has 0 aliphatic heterocycles. The normalized spacial score (nSPS) is 11.5. The van der Waals surface area contributed by atoms with Crippen molar-refractivity contribution in [3.8, 4) is 11.5 Å². The van der Waals surface area contributed by atoms with Gasteiger partial charge < -0.3 is 24.8 Å². The monoisotopic (exact) mass is 594 g/mol.